The van der Waals surface area contributed by atoms with Gasteiger partial charge in [-0.05, 0) is 42.2 Å². The van der Waals surface area contributed by atoms with Gasteiger partial charge < -0.3 is 18.8 Å². The molecule has 1 saturated heterocycles. The topological polar surface area (TPSA) is 45.5 Å². The number of hydrogen-bond acceptors (Lipinski definition) is 4. The highest BCUT2D eigenvalue weighted by Crippen LogP contribution is 2.37. The lowest BCUT2D eigenvalue weighted by Crippen LogP contribution is -2.33. The summed E-state index contributed by atoms with van der Waals surface area (Å²) in [7, 11) is 1.70. The second-order valence-corrected chi connectivity index (χ2v) is 7.18. The fourth-order valence-electron chi connectivity index (χ4n) is 3.77. The summed E-state index contributed by atoms with van der Waals surface area (Å²) in [4.78, 5) is 4.14. The maximum absolute atomic E-state index is 6.24. The summed E-state index contributed by atoms with van der Waals surface area (Å²) < 4.78 is 19.7. The molecule has 0 bridgehead atoms. The average Bonchev–Trinajstić information content (AvgIpc) is 3.38. The Labute approximate surface area is 165 Å². The Morgan fingerprint density at radius 1 is 1.21 bits per heavy atom. The molecule has 5 nitrogen and oxygen atoms in total. The van der Waals surface area contributed by atoms with Crippen molar-refractivity contribution < 1.29 is 14.2 Å². The molecule has 0 spiro atoms. The van der Waals surface area contributed by atoms with Crippen molar-refractivity contribution >= 4 is 0 Å². The Hall–Kier alpha value is -2.63. The van der Waals surface area contributed by atoms with Crippen LogP contribution < -0.4 is 4.74 Å². The van der Waals surface area contributed by atoms with Crippen molar-refractivity contribution in [1.82, 2.24) is 9.55 Å². The van der Waals surface area contributed by atoms with Gasteiger partial charge >= 0.3 is 0 Å². The molecule has 146 valence electrons. The first-order valence-corrected chi connectivity index (χ1v) is 9.69. The SMILES string of the molecule is CCc1cc(OC)ccc1-c1ccc(C2(Cn3ccnc3)OCC(C)O2)cc1. The van der Waals surface area contributed by atoms with Crippen LogP contribution in [0.4, 0.5) is 0 Å². The van der Waals surface area contributed by atoms with E-state index in [1.54, 1.807) is 19.6 Å². The quantitative estimate of drug-likeness (QED) is 0.637. The molecule has 28 heavy (non-hydrogen) atoms. The van der Waals surface area contributed by atoms with E-state index >= 15 is 0 Å². The summed E-state index contributed by atoms with van der Waals surface area (Å²) in [5.74, 6) is 0.102. The number of rotatable bonds is 6. The average molecular weight is 378 g/mol. The van der Waals surface area contributed by atoms with Crippen LogP contribution in [0.15, 0.2) is 61.2 Å². The zero-order chi connectivity index (χ0) is 19.6. The zero-order valence-electron chi connectivity index (χ0n) is 16.6. The summed E-state index contributed by atoms with van der Waals surface area (Å²) in [6.07, 6.45) is 6.48. The van der Waals surface area contributed by atoms with Crippen LogP contribution in [-0.4, -0.2) is 29.4 Å². The maximum Gasteiger partial charge on any atom is 0.213 e. The van der Waals surface area contributed by atoms with Gasteiger partial charge in [-0.15, -0.1) is 0 Å². The van der Waals surface area contributed by atoms with Crippen LogP contribution in [0.2, 0.25) is 0 Å². The van der Waals surface area contributed by atoms with E-state index in [4.69, 9.17) is 14.2 Å². The molecule has 5 heteroatoms. The van der Waals surface area contributed by atoms with Crippen LogP contribution in [-0.2, 0) is 28.2 Å². The molecule has 2 aromatic carbocycles. The molecule has 1 aliphatic rings. The first-order chi connectivity index (χ1) is 13.6. The van der Waals surface area contributed by atoms with Gasteiger partial charge in [0.1, 0.15) is 5.75 Å². The number of methoxy groups -OCH3 is 1. The molecule has 2 heterocycles. The molecule has 3 aromatic rings. The van der Waals surface area contributed by atoms with Crippen LogP contribution in [0.5, 0.6) is 5.75 Å². The van der Waals surface area contributed by atoms with Crippen molar-refractivity contribution in [2.24, 2.45) is 0 Å². The van der Waals surface area contributed by atoms with Crippen LogP contribution in [0, 0.1) is 0 Å². The Morgan fingerprint density at radius 2 is 2.04 bits per heavy atom. The van der Waals surface area contributed by atoms with Crippen molar-refractivity contribution in [3.05, 3.63) is 72.3 Å². The molecule has 0 radical (unpaired) electrons. The molecule has 4 rings (SSSR count). The van der Waals surface area contributed by atoms with Gasteiger partial charge in [0.25, 0.3) is 0 Å². The van der Waals surface area contributed by atoms with Crippen LogP contribution in [0.25, 0.3) is 11.1 Å². The lowest BCUT2D eigenvalue weighted by atomic mass is 9.95. The van der Waals surface area contributed by atoms with E-state index in [1.807, 2.05) is 23.8 Å². The van der Waals surface area contributed by atoms with Gasteiger partial charge in [0, 0.05) is 18.0 Å². The number of nitrogens with zero attached hydrogens (tertiary/aromatic N) is 2. The molecule has 0 aliphatic carbocycles. The third-order valence-corrected chi connectivity index (χ3v) is 5.22. The van der Waals surface area contributed by atoms with Crippen molar-refractivity contribution in [1.29, 1.82) is 0 Å². The van der Waals surface area contributed by atoms with Crippen LogP contribution in [0.1, 0.15) is 25.0 Å². The van der Waals surface area contributed by atoms with Crippen LogP contribution in [0.3, 0.4) is 0 Å². The molecular weight excluding hydrogens is 352 g/mol. The minimum atomic E-state index is -0.786. The summed E-state index contributed by atoms with van der Waals surface area (Å²) in [5, 5.41) is 0. The minimum absolute atomic E-state index is 0.0523. The molecular formula is C23H26N2O3. The highest BCUT2D eigenvalue weighted by atomic mass is 16.7. The van der Waals surface area contributed by atoms with Crippen molar-refractivity contribution in [2.75, 3.05) is 13.7 Å². The third kappa shape index (κ3) is 3.55. The Balaban J connectivity index is 1.66. The van der Waals surface area contributed by atoms with E-state index in [9.17, 15) is 0 Å². The van der Waals surface area contributed by atoms with Gasteiger partial charge in [-0.2, -0.15) is 0 Å². The Morgan fingerprint density at radius 3 is 2.64 bits per heavy atom. The minimum Gasteiger partial charge on any atom is -0.497 e. The highest BCUT2D eigenvalue weighted by Gasteiger charge is 2.42. The smallest absolute Gasteiger partial charge is 0.213 e. The van der Waals surface area contributed by atoms with Gasteiger partial charge in [0.15, 0.2) is 0 Å². The molecule has 1 aromatic heterocycles. The summed E-state index contributed by atoms with van der Waals surface area (Å²) in [5.41, 5.74) is 4.68. The molecule has 2 atom stereocenters. The Bertz CT molecular complexity index is 922. The summed E-state index contributed by atoms with van der Waals surface area (Å²) >= 11 is 0. The van der Waals surface area contributed by atoms with E-state index < -0.39 is 5.79 Å². The van der Waals surface area contributed by atoms with E-state index in [2.05, 4.69) is 48.3 Å². The Kier molecular flexibility index (Phi) is 5.20. The largest absolute Gasteiger partial charge is 0.497 e. The number of imidazole rings is 1. The highest BCUT2D eigenvalue weighted by molar-refractivity contribution is 5.68. The molecule has 1 fully saturated rings. The normalized spacial score (nSPS) is 21.8. The van der Waals surface area contributed by atoms with Gasteiger partial charge in [-0.25, -0.2) is 4.98 Å². The van der Waals surface area contributed by atoms with E-state index in [0.717, 1.165) is 17.7 Å². The second kappa shape index (κ2) is 7.78. The number of benzene rings is 2. The second-order valence-electron chi connectivity index (χ2n) is 7.18. The van der Waals surface area contributed by atoms with Crippen molar-refractivity contribution in [3.8, 4) is 16.9 Å². The zero-order valence-corrected chi connectivity index (χ0v) is 16.6. The van der Waals surface area contributed by atoms with Gasteiger partial charge in [-0.3, -0.25) is 0 Å². The first kappa shape index (κ1) is 18.7. The number of hydrogen-bond donors (Lipinski definition) is 0. The lowest BCUT2D eigenvalue weighted by Gasteiger charge is -2.29. The summed E-state index contributed by atoms with van der Waals surface area (Å²) in [6, 6.07) is 14.7. The lowest BCUT2D eigenvalue weighted by molar-refractivity contribution is -0.185. The van der Waals surface area contributed by atoms with Crippen LogP contribution >= 0.6 is 0 Å². The predicted octanol–water partition coefficient (Wildman–Crippen LogP) is 4.41. The third-order valence-electron chi connectivity index (χ3n) is 5.22. The van der Waals surface area contributed by atoms with Gasteiger partial charge in [0.2, 0.25) is 5.79 Å². The standard InChI is InChI=1S/C23H26N2O3/c1-4-18-13-21(26-3)9-10-22(18)19-5-7-20(8-6-19)23(27-14-17(2)28-23)15-25-12-11-24-16-25/h5-13,16-17H,4,14-15H2,1-3H3. The van der Waals surface area contributed by atoms with E-state index in [-0.39, 0.29) is 6.10 Å². The fourth-order valence-corrected chi connectivity index (χ4v) is 3.77. The first-order valence-electron chi connectivity index (χ1n) is 9.69. The van der Waals surface area contributed by atoms with E-state index in [1.165, 1.54) is 16.7 Å². The number of ether oxygens (including phenoxy) is 3. The van der Waals surface area contributed by atoms with Gasteiger partial charge in [-0.1, -0.05) is 37.3 Å². The van der Waals surface area contributed by atoms with Gasteiger partial charge in [0.05, 0.1) is 32.7 Å². The predicted molar refractivity (Wildman–Crippen MR) is 108 cm³/mol. The summed E-state index contributed by atoms with van der Waals surface area (Å²) in [6.45, 7) is 5.34. The maximum atomic E-state index is 6.24. The molecule has 0 saturated carbocycles. The van der Waals surface area contributed by atoms with Crippen molar-refractivity contribution in [2.45, 2.75) is 38.7 Å². The van der Waals surface area contributed by atoms with E-state index in [0.29, 0.717) is 13.2 Å². The number of aromatic nitrogens is 2. The molecule has 2 unspecified atom stereocenters. The number of aryl methyl sites for hydroxylation is 1. The fraction of sp³-hybridized carbons (Fsp3) is 0.348. The molecule has 1 aliphatic heterocycles. The molecule has 0 N–H and O–H groups in total. The monoisotopic (exact) mass is 378 g/mol. The van der Waals surface area contributed by atoms with Crippen molar-refractivity contribution in [3.63, 3.8) is 0 Å². The molecule has 0 amide bonds.